The van der Waals surface area contributed by atoms with E-state index in [2.05, 4.69) is 15.3 Å². The third-order valence-corrected chi connectivity index (χ3v) is 5.51. The summed E-state index contributed by atoms with van der Waals surface area (Å²) in [6.45, 7) is 2.40. The van der Waals surface area contributed by atoms with Crippen molar-refractivity contribution in [3.63, 3.8) is 0 Å². The van der Waals surface area contributed by atoms with Crippen molar-refractivity contribution in [1.82, 2.24) is 14.5 Å². The number of para-hydroxylation sites is 3. The van der Waals surface area contributed by atoms with Gasteiger partial charge in [0.1, 0.15) is 16.8 Å². The standard InChI is InChI=1S/C21H20N4O3S/c1-3-28-16-11-7-6-10-15(16)22-17(26)12-29-21-24-18-13-8-4-5-9-14(13)23-19(18)20(27)25(21)2/h4-11,23H,3,12H2,1-2H3,(H,22,26). The highest BCUT2D eigenvalue weighted by Crippen LogP contribution is 2.26. The molecule has 0 aliphatic rings. The van der Waals surface area contributed by atoms with E-state index in [9.17, 15) is 9.59 Å². The summed E-state index contributed by atoms with van der Waals surface area (Å²) in [6, 6.07) is 14.9. The second-order valence-corrected chi connectivity index (χ2v) is 7.36. The summed E-state index contributed by atoms with van der Waals surface area (Å²) in [5.41, 5.74) is 2.39. The van der Waals surface area contributed by atoms with Crippen molar-refractivity contribution >= 4 is 45.3 Å². The number of hydrogen-bond acceptors (Lipinski definition) is 5. The van der Waals surface area contributed by atoms with E-state index in [1.165, 1.54) is 16.3 Å². The number of benzene rings is 2. The number of thioether (sulfide) groups is 1. The number of hydrogen-bond donors (Lipinski definition) is 2. The molecule has 8 heteroatoms. The number of nitrogens with one attached hydrogen (secondary N) is 2. The lowest BCUT2D eigenvalue weighted by Gasteiger charge is -2.11. The number of aromatic nitrogens is 3. The zero-order valence-electron chi connectivity index (χ0n) is 16.1. The normalized spacial score (nSPS) is 11.1. The zero-order valence-corrected chi connectivity index (χ0v) is 16.9. The van der Waals surface area contributed by atoms with Gasteiger partial charge in [0.25, 0.3) is 5.56 Å². The van der Waals surface area contributed by atoms with Gasteiger partial charge >= 0.3 is 0 Å². The molecule has 0 aliphatic carbocycles. The van der Waals surface area contributed by atoms with Gasteiger partial charge in [-0.05, 0) is 25.1 Å². The molecule has 0 radical (unpaired) electrons. The summed E-state index contributed by atoms with van der Waals surface area (Å²) >= 11 is 1.22. The van der Waals surface area contributed by atoms with Crippen LogP contribution in [0.15, 0.2) is 58.5 Å². The summed E-state index contributed by atoms with van der Waals surface area (Å²) in [6.07, 6.45) is 0. The first kappa shape index (κ1) is 19.1. The number of aromatic amines is 1. The average molecular weight is 408 g/mol. The number of carbonyl (C=O) groups is 1. The molecule has 2 aromatic heterocycles. The second-order valence-electron chi connectivity index (χ2n) is 6.42. The van der Waals surface area contributed by atoms with Crippen LogP contribution in [0.4, 0.5) is 5.69 Å². The molecule has 0 spiro atoms. The molecule has 7 nitrogen and oxygen atoms in total. The molecule has 4 rings (SSSR count). The third-order valence-electron chi connectivity index (χ3n) is 4.48. The lowest BCUT2D eigenvalue weighted by molar-refractivity contribution is -0.113. The summed E-state index contributed by atoms with van der Waals surface area (Å²) in [5, 5.41) is 4.23. The fourth-order valence-electron chi connectivity index (χ4n) is 3.12. The average Bonchev–Trinajstić information content (AvgIpc) is 3.10. The van der Waals surface area contributed by atoms with Gasteiger partial charge in [-0.1, -0.05) is 42.1 Å². The first-order chi connectivity index (χ1) is 14.1. The molecule has 4 aromatic rings. The number of rotatable bonds is 6. The van der Waals surface area contributed by atoms with Crippen LogP contribution >= 0.6 is 11.8 Å². The minimum Gasteiger partial charge on any atom is -0.492 e. The van der Waals surface area contributed by atoms with Crippen molar-refractivity contribution in [2.24, 2.45) is 7.05 Å². The highest BCUT2D eigenvalue weighted by atomic mass is 32.2. The maximum atomic E-state index is 12.7. The Bertz CT molecular complexity index is 1260. The van der Waals surface area contributed by atoms with E-state index < -0.39 is 0 Å². The van der Waals surface area contributed by atoms with E-state index in [-0.39, 0.29) is 17.2 Å². The third kappa shape index (κ3) is 3.71. The van der Waals surface area contributed by atoms with Crippen LogP contribution in [-0.2, 0) is 11.8 Å². The Kier molecular flexibility index (Phi) is 5.26. The van der Waals surface area contributed by atoms with Gasteiger partial charge in [0.05, 0.1) is 18.0 Å². The van der Waals surface area contributed by atoms with Crippen molar-refractivity contribution in [3.05, 3.63) is 58.9 Å². The summed E-state index contributed by atoms with van der Waals surface area (Å²) < 4.78 is 7.00. The highest BCUT2D eigenvalue weighted by molar-refractivity contribution is 7.99. The minimum absolute atomic E-state index is 0.120. The minimum atomic E-state index is -0.199. The summed E-state index contributed by atoms with van der Waals surface area (Å²) in [4.78, 5) is 33.0. The molecule has 2 heterocycles. The first-order valence-corrected chi connectivity index (χ1v) is 10.2. The zero-order chi connectivity index (χ0) is 20.4. The predicted octanol–water partition coefficient (Wildman–Crippen LogP) is 3.54. The van der Waals surface area contributed by atoms with Gasteiger partial charge in [-0.3, -0.25) is 14.2 Å². The number of ether oxygens (including phenoxy) is 1. The van der Waals surface area contributed by atoms with Gasteiger partial charge in [-0.15, -0.1) is 0 Å². The Morgan fingerprint density at radius 1 is 1.21 bits per heavy atom. The van der Waals surface area contributed by atoms with Crippen LogP contribution < -0.4 is 15.6 Å². The Hall–Kier alpha value is -3.26. The van der Waals surface area contributed by atoms with Crippen molar-refractivity contribution in [1.29, 1.82) is 0 Å². The molecule has 29 heavy (non-hydrogen) atoms. The van der Waals surface area contributed by atoms with Crippen LogP contribution in [0.25, 0.3) is 21.9 Å². The molecule has 0 saturated carbocycles. The Balaban J connectivity index is 1.57. The van der Waals surface area contributed by atoms with Gasteiger partial charge in [0.15, 0.2) is 5.16 Å². The van der Waals surface area contributed by atoms with Crippen molar-refractivity contribution in [2.75, 3.05) is 17.7 Å². The number of carbonyl (C=O) groups excluding carboxylic acids is 1. The Morgan fingerprint density at radius 3 is 2.79 bits per heavy atom. The smallest absolute Gasteiger partial charge is 0.278 e. The monoisotopic (exact) mass is 408 g/mol. The molecule has 2 aromatic carbocycles. The summed E-state index contributed by atoms with van der Waals surface area (Å²) in [7, 11) is 1.66. The first-order valence-electron chi connectivity index (χ1n) is 9.20. The molecule has 148 valence electrons. The van der Waals surface area contributed by atoms with E-state index in [0.717, 1.165) is 10.9 Å². The van der Waals surface area contributed by atoms with Crippen LogP contribution in [0.3, 0.4) is 0 Å². The lowest BCUT2D eigenvalue weighted by atomic mass is 10.2. The molecule has 1 amide bonds. The number of H-pyrrole nitrogens is 1. The fourth-order valence-corrected chi connectivity index (χ4v) is 3.88. The number of amides is 1. The Labute approximate surface area is 171 Å². The fraction of sp³-hybridized carbons (Fsp3) is 0.190. The van der Waals surface area contributed by atoms with Crippen molar-refractivity contribution in [2.45, 2.75) is 12.1 Å². The lowest BCUT2D eigenvalue weighted by Crippen LogP contribution is -2.21. The molecule has 0 saturated heterocycles. The number of fused-ring (bicyclic) bond motifs is 3. The molecule has 0 fully saturated rings. The molecule has 0 aliphatic heterocycles. The second kappa shape index (κ2) is 8.00. The number of nitrogens with zero attached hydrogens (tertiary/aromatic N) is 2. The quantitative estimate of drug-likeness (QED) is 0.376. The predicted molar refractivity (Wildman–Crippen MR) is 116 cm³/mol. The maximum Gasteiger partial charge on any atom is 0.278 e. The molecular formula is C21H20N4O3S. The molecule has 0 atom stereocenters. The van der Waals surface area contributed by atoms with Gasteiger partial charge in [-0.2, -0.15) is 0 Å². The number of anilines is 1. The van der Waals surface area contributed by atoms with E-state index in [1.807, 2.05) is 49.4 Å². The van der Waals surface area contributed by atoms with Crippen LogP contribution in [0.1, 0.15) is 6.92 Å². The van der Waals surface area contributed by atoms with E-state index >= 15 is 0 Å². The van der Waals surface area contributed by atoms with E-state index in [1.54, 1.807) is 13.1 Å². The van der Waals surface area contributed by atoms with Crippen LogP contribution in [0, 0.1) is 0 Å². The maximum absolute atomic E-state index is 12.7. The Morgan fingerprint density at radius 2 is 1.97 bits per heavy atom. The van der Waals surface area contributed by atoms with Crippen LogP contribution in [0.2, 0.25) is 0 Å². The SMILES string of the molecule is CCOc1ccccc1NC(=O)CSc1nc2c([nH]c3ccccc32)c(=O)n1C. The van der Waals surface area contributed by atoms with Gasteiger partial charge in [0, 0.05) is 18.0 Å². The van der Waals surface area contributed by atoms with Crippen molar-refractivity contribution < 1.29 is 9.53 Å². The topological polar surface area (TPSA) is 89.0 Å². The van der Waals surface area contributed by atoms with Gasteiger partial charge in [0.2, 0.25) is 5.91 Å². The van der Waals surface area contributed by atoms with Crippen molar-refractivity contribution in [3.8, 4) is 5.75 Å². The van der Waals surface area contributed by atoms with Crippen LogP contribution in [-0.4, -0.2) is 32.8 Å². The van der Waals surface area contributed by atoms with E-state index in [4.69, 9.17) is 4.74 Å². The summed E-state index contributed by atoms with van der Waals surface area (Å²) in [5.74, 6) is 0.545. The molecule has 0 unspecified atom stereocenters. The van der Waals surface area contributed by atoms with Gasteiger partial charge < -0.3 is 15.0 Å². The largest absolute Gasteiger partial charge is 0.492 e. The van der Waals surface area contributed by atoms with Gasteiger partial charge in [-0.25, -0.2) is 4.98 Å². The molecule has 0 bridgehead atoms. The molecular weight excluding hydrogens is 388 g/mol. The molecule has 2 N–H and O–H groups in total. The van der Waals surface area contributed by atoms with Crippen LogP contribution in [0.5, 0.6) is 5.75 Å². The van der Waals surface area contributed by atoms with E-state index in [0.29, 0.717) is 34.2 Å². The highest BCUT2D eigenvalue weighted by Gasteiger charge is 2.15.